The maximum atomic E-state index is 2.46. The average Bonchev–Trinajstić information content (AvgIpc) is 3.10. The lowest BCUT2D eigenvalue weighted by Crippen LogP contribution is -1.94. The zero-order chi connectivity index (χ0) is 28.8. The highest BCUT2D eigenvalue weighted by atomic mass is 14.2. The topological polar surface area (TPSA) is 0 Å². The fourth-order valence-corrected chi connectivity index (χ4v) is 7.84. The molecule has 0 heterocycles. The molecule has 0 radical (unpaired) electrons. The highest BCUT2D eigenvalue weighted by Gasteiger charge is 2.22. The van der Waals surface area contributed by atoms with E-state index in [1.54, 1.807) is 0 Å². The van der Waals surface area contributed by atoms with Gasteiger partial charge in [-0.1, -0.05) is 146 Å². The molecule has 0 N–H and O–H groups in total. The molecule has 44 heavy (non-hydrogen) atoms. The van der Waals surface area contributed by atoms with Crippen molar-refractivity contribution in [2.75, 3.05) is 0 Å². The van der Waals surface area contributed by atoms with Crippen molar-refractivity contribution < 1.29 is 0 Å². The molecule has 0 bridgehead atoms. The van der Waals surface area contributed by atoms with E-state index in [0.29, 0.717) is 0 Å². The van der Waals surface area contributed by atoms with Gasteiger partial charge in [0.1, 0.15) is 0 Å². The predicted molar refractivity (Wildman–Crippen MR) is 190 cm³/mol. The third-order valence-electron chi connectivity index (χ3n) is 9.72. The zero-order valence-electron chi connectivity index (χ0n) is 24.0. The number of hydrogen-bond donors (Lipinski definition) is 0. The van der Waals surface area contributed by atoms with Crippen molar-refractivity contribution in [1.82, 2.24) is 0 Å². The van der Waals surface area contributed by atoms with Crippen LogP contribution >= 0.6 is 0 Å². The third-order valence-corrected chi connectivity index (χ3v) is 9.72. The van der Waals surface area contributed by atoms with E-state index in [2.05, 4.69) is 158 Å². The molecule has 0 aliphatic heterocycles. The number of hydrogen-bond acceptors (Lipinski definition) is 0. The Balaban J connectivity index is 1.48. The van der Waals surface area contributed by atoms with Crippen LogP contribution in [0.1, 0.15) is 0 Å². The average molecular weight is 555 g/mol. The lowest BCUT2D eigenvalue weighted by molar-refractivity contribution is 1.65. The van der Waals surface area contributed by atoms with Crippen molar-refractivity contribution in [3.05, 3.63) is 158 Å². The summed E-state index contributed by atoms with van der Waals surface area (Å²) in [6.07, 6.45) is 0. The van der Waals surface area contributed by atoms with Crippen LogP contribution < -0.4 is 0 Å². The fourth-order valence-electron chi connectivity index (χ4n) is 7.84. The third kappa shape index (κ3) is 3.23. The molecule has 10 rings (SSSR count). The molecule has 0 aromatic heterocycles. The minimum absolute atomic E-state index is 1.24. The van der Waals surface area contributed by atoms with Gasteiger partial charge in [-0.05, 0) is 110 Å². The number of benzene rings is 10. The molecule has 0 saturated heterocycles. The van der Waals surface area contributed by atoms with Crippen molar-refractivity contribution in [3.63, 3.8) is 0 Å². The van der Waals surface area contributed by atoms with Crippen molar-refractivity contribution in [2.45, 2.75) is 0 Å². The summed E-state index contributed by atoms with van der Waals surface area (Å²) in [5, 5.41) is 15.8. The summed E-state index contributed by atoms with van der Waals surface area (Å²) in [4.78, 5) is 0. The molecule has 0 aliphatic carbocycles. The summed E-state index contributed by atoms with van der Waals surface area (Å²) >= 11 is 0. The molecule has 10 aromatic rings. The molecule has 0 unspecified atom stereocenters. The van der Waals surface area contributed by atoms with E-state index < -0.39 is 0 Å². The largest absolute Gasteiger partial charge is 0.0622 e. The van der Waals surface area contributed by atoms with Crippen molar-refractivity contribution in [3.8, 4) is 33.4 Å². The Morgan fingerprint density at radius 3 is 1.00 bits per heavy atom. The second-order valence-corrected chi connectivity index (χ2v) is 12.0. The first-order valence-corrected chi connectivity index (χ1v) is 15.4. The molecular formula is C44H26. The highest BCUT2D eigenvalue weighted by molar-refractivity contribution is 6.34. The first-order valence-electron chi connectivity index (χ1n) is 15.4. The van der Waals surface area contributed by atoms with Crippen LogP contribution in [0, 0.1) is 0 Å². The molecule has 0 aliphatic rings. The second kappa shape index (κ2) is 8.89. The minimum Gasteiger partial charge on any atom is -0.0622 e. The summed E-state index contributed by atoms with van der Waals surface area (Å²) in [6.45, 7) is 0. The predicted octanol–water partition coefficient (Wildman–Crippen LogP) is 12.5. The van der Waals surface area contributed by atoms with Crippen LogP contribution in [0.5, 0.6) is 0 Å². The zero-order valence-corrected chi connectivity index (χ0v) is 24.0. The van der Waals surface area contributed by atoms with E-state index in [4.69, 9.17) is 0 Å². The van der Waals surface area contributed by atoms with E-state index in [9.17, 15) is 0 Å². The van der Waals surface area contributed by atoms with E-state index in [0.717, 1.165) is 0 Å². The van der Waals surface area contributed by atoms with Crippen LogP contribution in [0.3, 0.4) is 0 Å². The van der Waals surface area contributed by atoms with E-state index >= 15 is 0 Å². The Kier molecular flexibility index (Phi) is 4.81. The van der Waals surface area contributed by atoms with Crippen LogP contribution in [0.15, 0.2) is 158 Å². The van der Waals surface area contributed by atoms with Crippen LogP contribution in [0.2, 0.25) is 0 Å². The maximum absolute atomic E-state index is 2.46. The standard InChI is InChI=1S/C44H26/c1-3-9-27(10-4-1)35-23-21-31-19-17-29-13-7-15-33-25-37(43(35)41(31)39(29)33)38-26-34-16-8-14-30-18-20-32-22-24-36(28-11-5-2-6-12-28)44(38)42(32)40(30)34/h1-26H. The summed E-state index contributed by atoms with van der Waals surface area (Å²) in [5.74, 6) is 0. The van der Waals surface area contributed by atoms with E-state index in [-0.39, 0.29) is 0 Å². The molecule has 0 fully saturated rings. The van der Waals surface area contributed by atoms with Gasteiger partial charge in [-0.25, -0.2) is 0 Å². The summed E-state index contributed by atoms with van der Waals surface area (Å²) in [6, 6.07) is 58.6. The molecule has 10 aromatic carbocycles. The Morgan fingerprint density at radius 2 is 0.568 bits per heavy atom. The van der Waals surface area contributed by atoms with Crippen molar-refractivity contribution in [1.29, 1.82) is 0 Å². The first kappa shape index (κ1) is 23.8. The van der Waals surface area contributed by atoms with Gasteiger partial charge < -0.3 is 0 Å². The van der Waals surface area contributed by atoms with E-state index in [1.165, 1.54) is 98.0 Å². The first-order chi connectivity index (χ1) is 21.8. The van der Waals surface area contributed by atoms with Gasteiger partial charge in [0.2, 0.25) is 0 Å². The van der Waals surface area contributed by atoms with Crippen molar-refractivity contribution in [2.24, 2.45) is 0 Å². The SMILES string of the molecule is c1ccc(-c2ccc3ccc4cccc5cc(-c6cc7cccc8ccc9ccc(-c%10ccccc%10)c6c9c87)c2c3c45)cc1. The monoisotopic (exact) mass is 554 g/mol. The second-order valence-electron chi connectivity index (χ2n) is 12.0. The molecule has 202 valence electrons. The van der Waals surface area contributed by atoms with Gasteiger partial charge >= 0.3 is 0 Å². The Morgan fingerprint density at radius 1 is 0.205 bits per heavy atom. The Bertz CT molecular complexity index is 2490. The molecule has 0 nitrogen and oxygen atoms in total. The Hall–Kier alpha value is -5.72. The van der Waals surface area contributed by atoms with Gasteiger partial charge in [0.25, 0.3) is 0 Å². The van der Waals surface area contributed by atoms with E-state index in [1.807, 2.05) is 0 Å². The fraction of sp³-hybridized carbons (Fsp3) is 0. The highest BCUT2D eigenvalue weighted by Crippen LogP contribution is 2.50. The van der Waals surface area contributed by atoms with Gasteiger partial charge in [-0.3, -0.25) is 0 Å². The Labute approximate surface area is 255 Å². The van der Waals surface area contributed by atoms with Gasteiger partial charge in [0.15, 0.2) is 0 Å². The molecular weight excluding hydrogens is 528 g/mol. The van der Waals surface area contributed by atoms with Crippen LogP contribution in [0.4, 0.5) is 0 Å². The van der Waals surface area contributed by atoms with Gasteiger partial charge in [-0.2, -0.15) is 0 Å². The number of rotatable bonds is 3. The van der Waals surface area contributed by atoms with Gasteiger partial charge in [0.05, 0.1) is 0 Å². The lowest BCUT2D eigenvalue weighted by atomic mass is 9.81. The minimum atomic E-state index is 1.24. The molecule has 0 atom stereocenters. The normalized spacial score (nSPS) is 12.1. The smallest absolute Gasteiger partial charge is 0.00139 e. The molecule has 0 saturated carbocycles. The summed E-state index contributed by atoms with van der Waals surface area (Å²) in [5.41, 5.74) is 7.61. The molecule has 0 amide bonds. The van der Waals surface area contributed by atoms with Crippen LogP contribution in [-0.2, 0) is 0 Å². The molecule has 0 heteroatoms. The summed E-state index contributed by atoms with van der Waals surface area (Å²) in [7, 11) is 0. The maximum Gasteiger partial charge on any atom is -0.00139 e. The van der Waals surface area contributed by atoms with Gasteiger partial charge in [-0.15, -0.1) is 0 Å². The molecule has 0 spiro atoms. The quantitative estimate of drug-likeness (QED) is 0.191. The lowest BCUT2D eigenvalue weighted by Gasteiger charge is -2.22. The van der Waals surface area contributed by atoms with Crippen LogP contribution in [-0.4, -0.2) is 0 Å². The summed E-state index contributed by atoms with van der Waals surface area (Å²) < 4.78 is 0. The van der Waals surface area contributed by atoms with Gasteiger partial charge in [0, 0.05) is 0 Å². The van der Waals surface area contributed by atoms with Crippen LogP contribution in [0.25, 0.3) is 98.0 Å². The van der Waals surface area contributed by atoms with Crippen molar-refractivity contribution >= 4 is 64.6 Å².